The minimum Gasteiger partial charge on any atom is -0.394 e. The van der Waals surface area contributed by atoms with Crippen LogP contribution in [0.5, 0.6) is 0 Å². The quantitative estimate of drug-likeness (QED) is 0.655. The van der Waals surface area contributed by atoms with Crippen LogP contribution in [-0.2, 0) is 4.74 Å². The molecule has 2 rings (SSSR count). The van der Waals surface area contributed by atoms with E-state index in [2.05, 4.69) is 12.2 Å². The van der Waals surface area contributed by atoms with Gasteiger partial charge in [0.2, 0.25) is 0 Å². The van der Waals surface area contributed by atoms with Crippen molar-refractivity contribution < 1.29 is 9.84 Å². The van der Waals surface area contributed by atoms with E-state index in [9.17, 15) is 5.11 Å². The first-order chi connectivity index (χ1) is 8.72. The zero-order valence-corrected chi connectivity index (χ0v) is 11.8. The molecule has 2 aliphatic rings. The molecule has 3 heteroatoms. The predicted octanol–water partition coefficient (Wildman–Crippen LogP) is 2.62. The molecule has 106 valence electrons. The van der Waals surface area contributed by atoms with Crippen molar-refractivity contribution in [3.05, 3.63) is 0 Å². The highest BCUT2D eigenvalue weighted by Gasteiger charge is 2.31. The molecule has 1 unspecified atom stereocenters. The SMILES string of the molecule is CC(CO)(CCCOC1CCCCC1)NC1CC1. The highest BCUT2D eigenvalue weighted by Crippen LogP contribution is 2.25. The number of rotatable bonds is 8. The molecule has 2 saturated carbocycles. The van der Waals surface area contributed by atoms with E-state index in [1.165, 1.54) is 44.9 Å². The first-order valence-electron chi connectivity index (χ1n) is 7.72. The maximum Gasteiger partial charge on any atom is 0.0610 e. The monoisotopic (exact) mass is 255 g/mol. The van der Waals surface area contributed by atoms with Gasteiger partial charge >= 0.3 is 0 Å². The highest BCUT2D eigenvalue weighted by molar-refractivity contribution is 4.92. The van der Waals surface area contributed by atoms with Gasteiger partial charge in [-0.15, -0.1) is 0 Å². The molecular weight excluding hydrogens is 226 g/mol. The van der Waals surface area contributed by atoms with Crippen LogP contribution in [0, 0.1) is 0 Å². The van der Waals surface area contributed by atoms with Gasteiger partial charge in [-0.25, -0.2) is 0 Å². The first-order valence-corrected chi connectivity index (χ1v) is 7.72. The first kappa shape index (κ1) is 14.3. The topological polar surface area (TPSA) is 41.5 Å². The molecule has 0 aromatic heterocycles. The van der Waals surface area contributed by atoms with Crippen molar-refractivity contribution in [3.63, 3.8) is 0 Å². The zero-order valence-electron chi connectivity index (χ0n) is 11.8. The van der Waals surface area contributed by atoms with Crippen LogP contribution in [0.25, 0.3) is 0 Å². The van der Waals surface area contributed by atoms with Crippen molar-refractivity contribution in [3.8, 4) is 0 Å². The van der Waals surface area contributed by atoms with Crippen molar-refractivity contribution in [2.75, 3.05) is 13.2 Å². The van der Waals surface area contributed by atoms with Crippen molar-refractivity contribution in [2.24, 2.45) is 0 Å². The van der Waals surface area contributed by atoms with Gasteiger partial charge in [0.1, 0.15) is 0 Å². The largest absolute Gasteiger partial charge is 0.394 e. The summed E-state index contributed by atoms with van der Waals surface area (Å²) in [6.07, 6.45) is 11.7. The molecule has 0 heterocycles. The minimum atomic E-state index is -0.100. The van der Waals surface area contributed by atoms with Crippen molar-refractivity contribution in [1.29, 1.82) is 0 Å². The van der Waals surface area contributed by atoms with Gasteiger partial charge in [-0.05, 0) is 45.4 Å². The van der Waals surface area contributed by atoms with Crippen molar-refractivity contribution in [2.45, 2.75) is 82.4 Å². The number of hydrogen-bond acceptors (Lipinski definition) is 3. The lowest BCUT2D eigenvalue weighted by Gasteiger charge is -2.29. The standard InChI is InChI=1S/C15H29NO2/c1-15(12-17,16-13-8-9-13)10-5-11-18-14-6-3-2-4-7-14/h13-14,16-17H,2-12H2,1H3. The fourth-order valence-corrected chi connectivity index (χ4v) is 2.86. The van der Waals surface area contributed by atoms with Gasteiger partial charge in [0.05, 0.1) is 12.7 Å². The third-order valence-corrected chi connectivity index (χ3v) is 4.26. The minimum absolute atomic E-state index is 0.100. The molecule has 2 N–H and O–H groups in total. The van der Waals surface area contributed by atoms with Crippen molar-refractivity contribution >= 4 is 0 Å². The van der Waals surface area contributed by atoms with E-state index in [-0.39, 0.29) is 12.1 Å². The third kappa shape index (κ3) is 4.87. The van der Waals surface area contributed by atoms with Gasteiger partial charge in [-0.1, -0.05) is 19.3 Å². The van der Waals surface area contributed by atoms with Gasteiger partial charge in [-0.3, -0.25) is 0 Å². The third-order valence-electron chi connectivity index (χ3n) is 4.26. The molecule has 0 amide bonds. The molecule has 2 aliphatic carbocycles. The average molecular weight is 255 g/mol. The average Bonchev–Trinajstić information content (AvgIpc) is 3.20. The molecule has 0 saturated heterocycles. The molecule has 0 radical (unpaired) electrons. The number of ether oxygens (including phenoxy) is 1. The van der Waals surface area contributed by atoms with E-state index < -0.39 is 0 Å². The molecule has 0 aromatic carbocycles. The highest BCUT2D eigenvalue weighted by atomic mass is 16.5. The van der Waals surface area contributed by atoms with Crippen molar-refractivity contribution in [1.82, 2.24) is 5.32 Å². The van der Waals surface area contributed by atoms with Crippen LogP contribution in [0.1, 0.15) is 64.7 Å². The molecular formula is C15H29NO2. The van der Waals surface area contributed by atoms with E-state index in [0.717, 1.165) is 19.4 Å². The van der Waals surface area contributed by atoms with Crippen LogP contribution in [0.2, 0.25) is 0 Å². The summed E-state index contributed by atoms with van der Waals surface area (Å²) in [6.45, 7) is 3.21. The van der Waals surface area contributed by atoms with Crippen LogP contribution in [0.4, 0.5) is 0 Å². The smallest absolute Gasteiger partial charge is 0.0610 e. The summed E-state index contributed by atoms with van der Waals surface area (Å²) in [5.41, 5.74) is -0.100. The molecule has 0 spiro atoms. The normalized spacial score (nSPS) is 25.0. The fraction of sp³-hybridized carbons (Fsp3) is 1.00. The summed E-state index contributed by atoms with van der Waals surface area (Å²) in [4.78, 5) is 0. The van der Waals surface area contributed by atoms with Gasteiger partial charge in [0.25, 0.3) is 0 Å². The van der Waals surface area contributed by atoms with Gasteiger partial charge < -0.3 is 15.2 Å². The van der Waals surface area contributed by atoms with Crippen LogP contribution >= 0.6 is 0 Å². The number of aliphatic hydroxyl groups excluding tert-OH is 1. The summed E-state index contributed by atoms with van der Waals surface area (Å²) in [7, 11) is 0. The molecule has 0 bridgehead atoms. The number of aliphatic hydroxyl groups is 1. The Bertz CT molecular complexity index is 237. The summed E-state index contributed by atoms with van der Waals surface area (Å²) in [5.74, 6) is 0. The Hall–Kier alpha value is -0.120. The van der Waals surface area contributed by atoms with E-state index in [1.807, 2.05) is 0 Å². The van der Waals surface area contributed by atoms with Crippen LogP contribution in [0.15, 0.2) is 0 Å². The zero-order chi connectivity index (χ0) is 12.8. The second kappa shape index (κ2) is 6.88. The molecule has 18 heavy (non-hydrogen) atoms. The Kier molecular flexibility index (Phi) is 5.46. The van der Waals surface area contributed by atoms with Crippen LogP contribution in [-0.4, -0.2) is 36.0 Å². The summed E-state index contributed by atoms with van der Waals surface area (Å²) in [5, 5.41) is 13.1. The molecule has 0 aromatic rings. The molecule has 3 nitrogen and oxygen atoms in total. The lowest BCUT2D eigenvalue weighted by Crippen LogP contribution is -2.47. The van der Waals surface area contributed by atoms with Crippen LogP contribution in [0.3, 0.4) is 0 Å². The fourth-order valence-electron chi connectivity index (χ4n) is 2.86. The molecule has 0 aliphatic heterocycles. The van der Waals surface area contributed by atoms with Gasteiger partial charge in [0, 0.05) is 18.2 Å². The van der Waals surface area contributed by atoms with Crippen LogP contribution < -0.4 is 5.32 Å². The van der Waals surface area contributed by atoms with Gasteiger partial charge in [0.15, 0.2) is 0 Å². The molecule has 2 fully saturated rings. The lowest BCUT2D eigenvalue weighted by atomic mass is 9.96. The Morgan fingerprint density at radius 1 is 1.17 bits per heavy atom. The van der Waals surface area contributed by atoms with E-state index in [4.69, 9.17) is 4.74 Å². The number of hydrogen-bond donors (Lipinski definition) is 2. The van der Waals surface area contributed by atoms with E-state index >= 15 is 0 Å². The van der Waals surface area contributed by atoms with E-state index in [1.54, 1.807) is 0 Å². The second-order valence-electron chi connectivity index (χ2n) is 6.37. The summed E-state index contributed by atoms with van der Waals surface area (Å²) in [6, 6.07) is 0.654. The van der Waals surface area contributed by atoms with Gasteiger partial charge in [-0.2, -0.15) is 0 Å². The molecule has 1 atom stereocenters. The Labute approximate surface area is 111 Å². The Morgan fingerprint density at radius 2 is 1.89 bits per heavy atom. The maximum atomic E-state index is 9.51. The predicted molar refractivity (Wildman–Crippen MR) is 73.7 cm³/mol. The summed E-state index contributed by atoms with van der Waals surface area (Å²) < 4.78 is 5.93. The number of nitrogens with one attached hydrogen (secondary N) is 1. The summed E-state index contributed by atoms with van der Waals surface area (Å²) >= 11 is 0. The Balaban J connectivity index is 1.57. The van der Waals surface area contributed by atoms with E-state index in [0.29, 0.717) is 12.1 Å². The Morgan fingerprint density at radius 3 is 2.50 bits per heavy atom. The maximum absolute atomic E-state index is 9.51. The second-order valence-corrected chi connectivity index (χ2v) is 6.37. The lowest BCUT2D eigenvalue weighted by molar-refractivity contribution is 0.0218.